The first kappa shape index (κ1) is 19.1. The van der Waals surface area contributed by atoms with E-state index in [9.17, 15) is 14.9 Å². The minimum Gasteiger partial charge on any atom is -0.324 e. The van der Waals surface area contributed by atoms with Crippen molar-refractivity contribution < 1.29 is 9.72 Å². The van der Waals surface area contributed by atoms with E-state index in [0.29, 0.717) is 16.7 Å². The number of carbonyl (C=O) groups excluding carboxylic acids is 1. The Hall–Kier alpha value is -2.69. The molecule has 0 bridgehead atoms. The van der Waals surface area contributed by atoms with Gasteiger partial charge in [-0.2, -0.15) is 0 Å². The smallest absolute Gasteiger partial charge is 0.270 e. The van der Waals surface area contributed by atoms with Crippen LogP contribution in [0.4, 0.5) is 11.4 Å². The van der Waals surface area contributed by atoms with Crippen LogP contribution in [0.5, 0.6) is 0 Å². The topological polar surface area (TPSA) is 75.5 Å². The Labute approximate surface area is 165 Å². The summed E-state index contributed by atoms with van der Waals surface area (Å²) in [7, 11) is 0. The zero-order chi connectivity index (χ0) is 19.4. The number of carbonyl (C=O) groups is 1. The molecule has 7 heteroatoms. The maximum absolute atomic E-state index is 12.6. The lowest BCUT2D eigenvalue weighted by Crippen LogP contribution is -2.36. The first-order chi connectivity index (χ1) is 13.0. The van der Waals surface area contributed by atoms with Crippen molar-refractivity contribution >= 4 is 33.2 Å². The summed E-state index contributed by atoms with van der Waals surface area (Å²) in [6.45, 7) is 0.514. The fourth-order valence-corrected chi connectivity index (χ4v) is 3.87. The average Bonchev–Trinajstić information content (AvgIpc) is 3.07. The summed E-state index contributed by atoms with van der Waals surface area (Å²) in [4.78, 5) is 24.9. The van der Waals surface area contributed by atoms with E-state index >= 15 is 0 Å². The van der Waals surface area contributed by atoms with Crippen molar-refractivity contribution in [1.29, 1.82) is 0 Å². The van der Waals surface area contributed by atoms with E-state index in [1.54, 1.807) is 0 Å². The van der Waals surface area contributed by atoms with Gasteiger partial charge in [-0.25, -0.2) is 0 Å². The SMILES string of the molecule is C#CCN(CC(=O)Nc1ccc([N+](=O)[O-])cc1Br)C1CCc2ccccc21. The molecule has 1 N–H and O–H groups in total. The zero-order valence-corrected chi connectivity index (χ0v) is 16.1. The molecule has 2 aromatic carbocycles. The highest BCUT2D eigenvalue weighted by atomic mass is 79.9. The molecule has 1 atom stereocenters. The van der Waals surface area contributed by atoms with Gasteiger partial charge in [-0.3, -0.25) is 19.8 Å². The Morgan fingerprint density at radius 2 is 2.15 bits per heavy atom. The molecule has 0 spiro atoms. The lowest BCUT2D eigenvalue weighted by molar-refractivity contribution is -0.384. The van der Waals surface area contributed by atoms with Crippen LogP contribution in [-0.4, -0.2) is 28.8 Å². The molecule has 2 aromatic rings. The van der Waals surface area contributed by atoms with Gasteiger partial charge in [-0.05, 0) is 46.0 Å². The van der Waals surface area contributed by atoms with Gasteiger partial charge in [0.15, 0.2) is 0 Å². The van der Waals surface area contributed by atoms with Gasteiger partial charge in [0.25, 0.3) is 5.69 Å². The zero-order valence-electron chi connectivity index (χ0n) is 14.5. The molecule has 0 saturated heterocycles. The number of aryl methyl sites for hydroxylation is 1. The molecule has 0 fully saturated rings. The monoisotopic (exact) mass is 427 g/mol. The summed E-state index contributed by atoms with van der Waals surface area (Å²) in [5.74, 6) is 2.42. The third-order valence-corrected chi connectivity index (χ3v) is 5.28. The number of nitro benzene ring substituents is 1. The number of rotatable bonds is 6. The Kier molecular flexibility index (Phi) is 5.89. The van der Waals surface area contributed by atoms with Crippen LogP contribution < -0.4 is 5.32 Å². The highest BCUT2D eigenvalue weighted by Gasteiger charge is 2.28. The van der Waals surface area contributed by atoms with Crippen molar-refractivity contribution in [3.63, 3.8) is 0 Å². The number of hydrogen-bond acceptors (Lipinski definition) is 4. The number of nitrogens with one attached hydrogen (secondary N) is 1. The number of amides is 1. The van der Waals surface area contributed by atoms with Crippen molar-refractivity contribution in [3.05, 3.63) is 68.2 Å². The maximum atomic E-state index is 12.6. The fourth-order valence-electron chi connectivity index (χ4n) is 3.40. The molecule has 0 aromatic heterocycles. The number of non-ortho nitro benzene ring substituents is 1. The highest BCUT2D eigenvalue weighted by molar-refractivity contribution is 9.10. The standard InChI is InChI=1S/C20H18BrN3O3/c1-2-11-23(19-10-7-14-5-3-4-6-16(14)19)13-20(25)22-18-9-8-15(24(26)27)12-17(18)21/h1,3-6,8-9,12,19H,7,10-11,13H2,(H,22,25). The first-order valence-electron chi connectivity index (χ1n) is 8.48. The third kappa shape index (κ3) is 4.35. The van der Waals surface area contributed by atoms with E-state index in [1.807, 2.05) is 17.0 Å². The predicted molar refractivity (Wildman–Crippen MR) is 107 cm³/mol. The molecule has 3 rings (SSSR count). The number of nitrogens with zero attached hydrogens (tertiary/aromatic N) is 2. The first-order valence-corrected chi connectivity index (χ1v) is 9.28. The summed E-state index contributed by atoms with van der Waals surface area (Å²) in [5.41, 5.74) is 2.95. The largest absolute Gasteiger partial charge is 0.324 e. The number of anilines is 1. The number of nitro groups is 1. The molecule has 1 amide bonds. The lowest BCUT2D eigenvalue weighted by Gasteiger charge is -2.27. The Morgan fingerprint density at radius 3 is 2.85 bits per heavy atom. The molecule has 0 heterocycles. The van der Waals surface area contributed by atoms with Crippen molar-refractivity contribution in [3.8, 4) is 12.3 Å². The van der Waals surface area contributed by atoms with Gasteiger partial charge < -0.3 is 5.32 Å². The molecule has 138 valence electrons. The molecule has 0 aliphatic heterocycles. The Bertz CT molecular complexity index is 923. The molecule has 1 aliphatic carbocycles. The van der Waals surface area contributed by atoms with Gasteiger partial charge in [-0.1, -0.05) is 30.2 Å². The van der Waals surface area contributed by atoms with Crippen molar-refractivity contribution in [2.24, 2.45) is 0 Å². The number of terminal acetylenes is 1. The summed E-state index contributed by atoms with van der Waals surface area (Å²) in [6.07, 6.45) is 7.42. The number of benzene rings is 2. The highest BCUT2D eigenvalue weighted by Crippen LogP contribution is 2.35. The average molecular weight is 428 g/mol. The van der Waals surface area contributed by atoms with E-state index in [0.717, 1.165) is 12.8 Å². The second kappa shape index (κ2) is 8.33. The van der Waals surface area contributed by atoms with Gasteiger partial charge >= 0.3 is 0 Å². The molecule has 27 heavy (non-hydrogen) atoms. The van der Waals surface area contributed by atoms with Crippen LogP contribution >= 0.6 is 15.9 Å². The molecule has 1 aliphatic rings. The fraction of sp³-hybridized carbons (Fsp3) is 0.250. The van der Waals surface area contributed by atoms with Gasteiger partial charge in [0.05, 0.1) is 23.7 Å². The quantitative estimate of drug-likeness (QED) is 0.430. The van der Waals surface area contributed by atoms with Crippen LogP contribution in [0.1, 0.15) is 23.6 Å². The van der Waals surface area contributed by atoms with Gasteiger partial charge in [0.1, 0.15) is 0 Å². The third-order valence-electron chi connectivity index (χ3n) is 4.62. The van der Waals surface area contributed by atoms with Gasteiger partial charge in [0, 0.05) is 22.6 Å². The van der Waals surface area contributed by atoms with Crippen LogP contribution in [0.3, 0.4) is 0 Å². The van der Waals surface area contributed by atoms with E-state index in [2.05, 4.69) is 39.3 Å². The second-order valence-corrected chi connectivity index (χ2v) is 7.19. The normalized spacial score (nSPS) is 15.2. The predicted octanol–water partition coefficient (Wildman–Crippen LogP) is 3.92. The molecular weight excluding hydrogens is 410 g/mol. The molecule has 0 saturated carbocycles. The molecular formula is C20H18BrN3O3. The summed E-state index contributed by atoms with van der Waals surface area (Å²) in [6, 6.07) is 12.6. The van der Waals surface area contributed by atoms with Gasteiger partial charge in [0.2, 0.25) is 5.91 Å². The minimum absolute atomic E-state index is 0.0450. The molecule has 1 unspecified atom stereocenters. The van der Waals surface area contributed by atoms with Crippen LogP contribution in [0.2, 0.25) is 0 Å². The Morgan fingerprint density at radius 1 is 1.37 bits per heavy atom. The van der Waals surface area contributed by atoms with E-state index < -0.39 is 4.92 Å². The van der Waals surface area contributed by atoms with E-state index in [-0.39, 0.29) is 24.2 Å². The Balaban J connectivity index is 1.72. The van der Waals surface area contributed by atoms with Crippen LogP contribution in [0, 0.1) is 22.5 Å². The van der Waals surface area contributed by atoms with Crippen molar-refractivity contribution in [2.75, 3.05) is 18.4 Å². The van der Waals surface area contributed by atoms with Crippen molar-refractivity contribution in [2.45, 2.75) is 18.9 Å². The summed E-state index contributed by atoms with van der Waals surface area (Å²) >= 11 is 3.26. The molecule has 0 radical (unpaired) electrons. The number of halogens is 1. The molecule has 6 nitrogen and oxygen atoms in total. The van der Waals surface area contributed by atoms with Crippen molar-refractivity contribution in [1.82, 2.24) is 4.90 Å². The van der Waals surface area contributed by atoms with Gasteiger partial charge in [-0.15, -0.1) is 6.42 Å². The van der Waals surface area contributed by atoms with Crippen LogP contribution in [0.25, 0.3) is 0 Å². The van der Waals surface area contributed by atoms with Crippen LogP contribution in [0.15, 0.2) is 46.9 Å². The summed E-state index contributed by atoms with van der Waals surface area (Å²) < 4.78 is 0.458. The summed E-state index contributed by atoms with van der Waals surface area (Å²) in [5, 5.41) is 13.6. The minimum atomic E-state index is -0.484. The number of fused-ring (bicyclic) bond motifs is 1. The second-order valence-electron chi connectivity index (χ2n) is 6.33. The van der Waals surface area contributed by atoms with Crippen LogP contribution in [-0.2, 0) is 11.2 Å². The van der Waals surface area contributed by atoms with E-state index in [4.69, 9.17) is 6.42 Å². The number of hydrogen-bond donors (Lipinski definition) is 1. The van der Waals surface area contributed by atoms with E-state index in [1.165, 1.54) is 29.3 Å². The maximum Gasteiger partial charge on any atom is 0.270 e. The lowest BCUT2D eigenvalue weighted by atomic mass is 10.1.